The molecule has 0 saturated carbocycles. The Kier molecular flexibility index (Phi) is 4.13. The first-order valence-corrected chi connectivity index (χ1v) is 6.64. The van der Waals surface area contributed by atoms with Crippen LogP contribution in [0.1, 0.15) is 32.3 Å². The highest BCUT2D eigenvalue weighted by molar-refractivity contribution is 5.09. The fraction of sp³-hybridized carbons (Fsp3) is 0.643. The Balaban J connectivity index is 1.98. The van der Waals surface area contributed by atoms with Gasteiger partial charge < -0.3 is 5.32 Å². The average Bonchev–Trinajstić information content (AvgIpc) is 2.40. The van der Waals surface area contributed by atoms with E-state index in [4.69, 9.17) is 0 Å². The first kappa shape index (κ1) is 12.5. The van der Waals surface area contributed by atoms with Gasteiger partial charge in [0.15, 0.2) is 0 Å². The molecule has 0 aliphatic carbocycles. The predicted octanol–water partition coefficient (Wildman–Crippen LogP) is 2.05. The van der Waals surface area contributed by atoms with Gasteiger partial charge in [-0.05, 0) is 24.5 Å². The summed E-state index contributed by atoms with van der Waals surface area (Å²) in [6.07, 6.45) is 6.21. The maximum absolute atomic E-state index is 4.18. The van der Waals surface area contributed by atoms with Crippen LogP contribution in [0.15, 0.2) is 24.5 Å². The topological polar surface area (TPSA) is 28.2 Å². The third-order valence-corrected chi connectivity index (χ3v) is 3.94. The zero-order chi connectivity index (χ0) is 12.1. The Bertz CT molecular complexity index is 333. The first-order valence-electron chi connectivity index (χ1n) is 6.64. The summed E-state index contributed by atoms with van der Waals surface area (Å²) in [5.74, 6) is 0. The van der Waals surface area contributed by atoms with Crippen LogP contribution in [0.3, 0.4) is 0 Å². The van der Waals surface area contributed by atoms with Crippen molar-refractivity contribution in [3.05, 3.63) is 30.1 Å². The fourth-order valence-corrected chi connectivity index (χ4v) is 2.65. The molecule has 2 rings (SSSR count). The number of pyridine rings is 1. The highest BCUT2D eigenvalue weighted by Crippen LogP contribution is 2.20. The van der Waals surface area contributed by atoms with Crippen molar-refractivity contribution in [1.29, 1.82) is 0 Å². The summed E-state index contributed by atoms with van der Waals surface area (Å²) in [6.45, 7) is 8.97. The molecule has 1 aliphatic heterocycles. The highest BCUT2D eigenvalue weighted by Gasteiger charge is 2.31. The van der Waals surface area contributed by atoms with Crippen LogP contribution in [0.5, 0.6) is 0 Å². The van der Waals surface area contributed by atoms with Gasteiger partial charge in [-0.2, -0.15) is 0 Å². The monoisotopic (exact) mass is 233 g/mol. The quantitative estimate of drug-likeness (QED) is 0.862. The van der Waals surface area contributed by atoms with E-state index >= 15 is 0 Å². The third kappa shape index (κ3) is 3.05. The van der Waals surface area contributed by atoms with Crippen molar-refractivity contribution >= 4 is 0 Å². The van der Waals surface area contributed by atoms with Crippen molar-refractivity contribution in [1.82, 2.24) is 15.2 Å². The molecule has 1 aromatic heterocycles. The van der Waals surface area contributed by atoms with E-state index in [0.29, 0.717) is 5.54 Å². The van der Waals surface area contributed by atoms with Crippen LogP contribution in [-0.2, 0) is 6.54 Å². The SMILES string of the molecule is CCC1(CC)CN(Cc2cccnc2)CCN1. The van der Waals surface area contributed by atoms with Crippen molar-refractivity contribution in [2.45, 2.75) is 38.8 Å². The number of aromatic nitrogens is 1. The van der Waals surface area contributed by atoms with Crippen LogP contribution in [0, 0.1) is 0 Å². The Morgan fingerprint density at radius 3 is 2.88 bits per heavy atom. The molecule has 0 unspecified atom stereocenters. The molecular weight excluding hydrogens is 210 g/mol. The molecule has 0 amide bonds. The summed E-state index contributed by atoms with van der Waals surface area (Å²) in [5, 5.41) is 3.69. The Hall–Kier alpha value is -0.930. The second-order valence-electron chi connectivity index (χ2n) is 4.99. The van der Waals surface area contributed by atoms with Gasteiger partial charge in [-0.25, -0.2) is 0 Å². The number of piperazine rings is 1. The van der Waals surface area contributed by atoms with E-state index in [-0.39, 0.29) is 0 Å². The lowest BCUT2D eigenvalue weighted by Crippen LogP contribution is -2.59. The second-order valence-corrected chi connectivity index (χ2v) is 4.99. The Morgan fingerprint density at radius 2 is 2.24 bits per heavy atom. The molecule has 1 aromatic rings. The number of nitrogens with zero attached hydrogens (tertiary/aromatic N) is 2. The molecule has 3 heteroatoms. The molecule has 1 N–H and O–H groups in total. The van der Waals surface area contributed by atoms with E-state index < -0.39 is 0 Å². The van der Waals surface area contributed by atoms with Gasteiger partial charge in [0, 0.05) is 44.1 Å². The predicted molar refractivity (Wildman–Crippen MR) is 70.8 cm³/mol. The van der Waals surface area contributed by atoms with E-state index in [9.17, 15) is 0 Å². The second kappa shape index (κ2) is 5.61. The van der Waals surface area contributed by atoms with Gasteiger partial charge >= 0.3 is 0 Å². The summed E-state index contributed by atoms with van der Waals surface area (Å²) < 4.78 is 0. The molecular formula is C14H23N3. The molecule has 0 radical (unpaired) electrons. The van der Waals surface area contributed by atoms with Crippen molar-refractivity contribution in [2.75, 3.05) is 19.6 Å². The molecule has 0 bridgehead atoms. The third-order valence-electron chi connectivity index (χ3n) is 3.94. The minimum absolute atomic E-state index is 0.320. The van der Waals surface area contributed by atoms with Crippen LogP contribution >= 0.6 is 0 Å². The van der Waals surface area contributed by atoms with Crippen LogP contribution in [0.25, 0.3) is 0 Å². The molecule has 1 aliphatic rings. The molecule has 1 fully saturated rings. The minimum atomic E-state index is 0.320. The average molecular weight is 233 g/mol. The van der Waals surface area contributed by atoms with E-state index in [1.54, 1.807) is 0 Å². The van der Waals surface area contributed by atoms with E-state index in [1.807, 2.05) is 18.5 Å². The minimum Gasteiger partial charge on any atom is -0.309 e. The lowest BCUT2D eigenvalue weighted by molar-refractivity contribution is 0.118. The lowest BCUT2D eigenvalue weighted by Gasteiger charge is -2.43. The van der Waals surface area contributed by atoms with E-state index in [0.717, 1.165) is 26.2 Å². The van der Waals surface area contributed by atoms with Gasteiger partial charge in [-0.15, -0.1) is 0 Å². The summed E-state index contributed by atoms with van der Waals surface area (Å²) in [7, 11) is 0. The van der Waals surface area contributed by atoms with Crippen LogP contribution < -0.4 is 5.32 Å². The molecule has 0 spiro atoms. The molecule has 2 heterocycles. The normalized spacial score (nSPS) is 20.4. The van der Waals surface area contributed by atoms with Gasteiger partial charge in [-0.3, -0.25) is 9.88 Å². The first-order chi connectivity index (χ1) is 8.28. The molecule has 3 nitrogen and oxygen atoms in total. The van der Waals surface area contributed by atoms with Crippen molar-refractivity contribution < 1.29 is 0 Å². The summed E-state index contributed by atoms with van der Waals surface area (Å²) >= 11 is 0. The van der Waals surface area contributed by atoms with Crippen molar-refractivity contribution in [2.24, 2.45) is 0 Å². The van der Waals surface area contributed by atoms with Crippen LogP contribution in [-0.4, -0.2) is 35.1 Å². The maximum atomic E-state index is 4.18. The van der Waals surface area contributed by atoms with E-state index in [2.05, 4.69) is 35.1 Å². The van der Waals surface area contributed by atoms with Crippen molar-refractivity contribution in [3.63, 3.8) is 0 Å². The molecule has 17 heavy (non-hydrogen) atoms. The summed E-state index contributed by atoms with van der Waals surface area (Å²) in [5.41, 5.74) is 1.64. The molecule has 0 aromatic carbocycles. The van der Waals surface area contributed by atoms with Gasteiger partial charge in [0.25, 0.3) is 0 Å². The maximum Gasteiger partial charge on any atom is 0.0312 e. The Morgan fingerprint density at radius 1 is 1.41 bits per heavy atom. The largest absolute Gasteiger partial charge is 0.309 e. The zero-order valence-corrected chi connectivity index (χ0v) is 10.9. The summed E-state index contributed by atoms with van der Waals surface area (Å²) in [4.78, 5) is 6.73. The number of hydrogen-bond donors (Lipinski definition) is 1. The smallest absolute Gasteiger partial charge is 0.0312 e. The number of hydrogen-bond acceptors (Lipinski definition) is 3. The van der Waals surface area contributed by atoms with Gasteiger partial charge in [0.1, 0.15) is 0 Å². The fourth-order valence-electron chi connectivity index (χ4n) is 2.65. The standard InChI is InChI=1S/C14H23N3/c1-3-14(4-2)12-17(9-8-16-14)11-13-6-5-7-15-10-13/h5-7,10,16H,3-4,8-9,11-12H2,1-2H3. The molecule has 1 saturated heterocycles. The lowest BCUT2D eigenvalue weighted by atomic mass is 9.90. The molecule has 0 atom stereocenters. The van der Waals surface area contributed by atoms with Gasteiger partial charge in [0.05, 0.1) is 0 Å². The highest BCUT2D eigenvalue weighted by atomic mass is 15.2. The number of nitrogens with one attached hydrogen (secondary N) is 1. The summed E-state index contributed by atoms with van der Waals surface area (Å²) in [6, 6.07) is 4.18. The number of rotatable bonds is 4. The van der Waals surface area contributed by atoms with Gasteiger partial charge in [0.2, 0.25) is 0 Å². The zero-order valence-electron chi connectivity index (χ0n) is 10.9. The Labute approximate surface area is 104 Å². The van der Waals surface area contributed by atoms with E-state index in [1.165, 1.54) is 18.4 Å². The van der Waals surface area contributed by atoms with Gasteiger partial charge in [-0.1, -0.05) is 19.9 Å². The van der Waals surface area contributed by atoms with Crippen LogP contribution in [0.2, 0.25) is 0 Å². The van der Waals surface area contributed by atoms with Crippen molar-refractivity contribution in [3.8, 4) is 0 Å². The van der Waals surface area contributed by atoms with Crippen LogP contribution in [0.4, 0.5) is 0 Å². The molecule has 94 valence electrons.